The van der Waals surface area contributed by atoms with Crippen molar-refractivity contribution in [2.45, 2.75) is 32.3 Å². The lowest BCUT2D eigenvalue weighted by Crippen LogP contribution is -2.31. The molecule has 2 aromatic carbocycles. The van der Waals surface area contributed by atoms with Crippen LogP contribution in [-0.2, 0) is 9.53 Å². The number of hydrogen-bond acceptors (Lipinski definition) is 5. The van der Waals surface area contributed by atoms with Gasteiger partial charge >= 0.3 is 5.97 Å². The second-order valence-electron chi connectivity index (χ2n) is 6.92. The fourth-order valence-electron chi connectivity index (χ4n) is 2.40. The largest absolute Gasteiger partial charge is 0.507 e. The van der Waals surface area contributed by atoms with Crippen LogP contribution in [0.3, 0.4) is 0 Å². The van der Waals surface area contributed by atoms with E-state index in [4.69, 9.17) is 10.5 Å². The molecule has 26 heavy (non-hydrogen) atoms. The average molecular weight is 356 g/mol. The molecule has 0 radical (unpaired) electrons. The van der Waals surface area contributed by atoms with Gasteiger partial charge in [-0.05, 0) is 50.6 Å². The second-order valence-corrected chi connectivity index (χ2v) is 6.92. The Morgan fingerprint density at radius 1 is 1.12 bits per heavy atom. The Hall–Kier alpha value is -2.86. The molecule has 0 fully saturated rings. The average Bonchev–Trinajstić information content (AvgIpc) is 2.55. The summed E-state index contributed by atoms with van der Waals surface area (Å²) in [5.41, 5.74) is 6.59. The number of hydrogen-bond donors (Lipinski definition) is 3. The van der Waals surface area contributed by atoms with Gasteiger partial charge in [-0.15, -0.1) is 0 Å². The van der Waals surface area contributed by atoms with E-state index in [2.05, 4.69) is 5.32 Å². The molecular weight excluding hydrogens is 332 g/mol. The van der Waals surface area contributed by atoms with Gasteiger partial charge in [0.15, 0.2) is 0 Å². The molecule has 0 saturated carbocycles. The summed E-state index contributed by atoms with van der Waals surface area (Å²) in [6.07, 6.45) is 0. The van der Waals surface area contributed by atoms with Crippen molar-refractivity contribution in [1.29, 1.82) is 0 Å². The van der Waals surface area contributed by atoms with Crippen molar-refractivity contribution in [2.24, 2.45) is 5.73 Å². The number of ether oxygens (including phenoxy) is 1. The zero-order valence-electron chi connectivity index (χ0n) is 15.2. The summed E-state index contributed by atoms with van der Waals surface area (Å²) >= 11 is 0. The van der Waals surface area contributed by atoms with Gasteiger partial charge in [-0.3, -0.25) is 9.59 Å². The molecule has 6 heteroatoms. The number of carbonyl (C=O) groups excluding carboxylic acids is 2. The van der Waals surface area contributed by atoms with Crippen LogP contribution in [0.1, 0.15) is 42.6 Å². The molecule has 4 N–H and O–H groups in total. The van der Waals surface area contributed by atoms with E-state index in [1.807, 2.05) is 0 Å². The first-order chi connectivity index (χ1) is 12.2. The third-order valence-corrected chi connectivity index (χ3v) is 3.65. The van der Waals surface area contributed by atoms with Crippen LogP contribution in [0.15, 0.2) is 48.5 Å². The van der Waals surface area contributed by atoms with E-state index in [1.54, 1.807) is 57.2 Å². The number of phenolic OH excluding ortho intramolecular Hbond substituents is 1. The van der Waals surface area contributed by atoms with E-state index in [1.165, 1.54) is 12.1 Å². The van der Waals surface area contributed by atoms with Crippen molar-refractivity contribution < 1.29 is 19.4 Å². The number of amides is 1. The van der Waals surface area contributed by atoms with Crippen LogP contribution < -0.4 is 11.1 Å². The van der Waals surface area contributed by atoms with Crippen LogP contribution in [-0.4, -0.2) is 29.1 Å². The van der Waals surface area contributed by atoms with Crippen molar-refractivity contribution in [3.05, 3.63) is 59.7 Å². The van der Waals surface area contributed by atoms with Crippen molar-refractivity contribution in [3.63, 3.8) is 0 Å². The summed E-state index contributed by atoms with van der Waals surface area (Å²) < 4.78 is 5.39. The van der Waals surface area contributed by atoms with Crippen LogP contribution in [0, 0.1) is 0 Å². The third-order valence-electron chi connectivity index (χ3n) is 3.65. The third kappa shape index (κ3) is 5.07. The molecule has 2 rings (SSSR count). The van der Waals surface area contributed by atoms with Crippen molar-refractivity contribution in [3.8, 4) is 5.75 Å². The Balaban J connectivity index is 2.11. The molecule has 0 heterocycles. The molecular formula is C20H24N2O4. The van der Waals surface area contributed by atoms with E-state index in [9.17, 15) is 14.7 Å². The first-order valence-corrected chi connectivity index (χ1v) is 8.33. The lowest BCUT2D eigenvalue weighted by atomic mass is 9.98. The normalized spacial score (nSPS) is 12.3. The van der Waals surface area contributed by atoms with E-state index in [0.717, 1.165) is 0 Å². The fraction of sp³-hybridized carbons (Fsp3) is 0.300. The smallest absolute Gasteiger partial charge is 0.315 e. The number of nitrogens with one attached hydrogen (secondary N) is 1. The number of phenols is 1. The summed E-state index contributed by atoms with van der Waals surface area (Å²) in [5, 5.41) is 12.4. The number of para-hydroxylation sites is 1. The second kappa shape index (κ2) is 8.01. The minimum absolute atomic E-state index is 0.0882. The molecule has 6 nitrogen and oxygen atoms in total. The molecule has 0 saturated heterocycles. The maximum atomic E-state index is 12.3. The molecule has 0 aliphatic carbocycles. The van der Waals surface area contributed by atoms with Gasteiger partial charge in [-0.1, -0.05) is 24.3 Å². The highest BCUT2D eigenvalue weighted by atomic mass is 16.6. The zero-order chi connectivity index (χ0) is 19.3. The minimum Gasteiger partial charge on any atom is -0.507 e. The van der Waals surface area contributed by atoms with Gasteiger partial charge in [0.25, 0.3) is 5.91 Å². The summed E-state index contributed by atoms with van der Waals surface area (Å²) in [6.45, 7) is 5.53. The monoisotopic (exact) mass is 356 g/mol. The topological polar surface area (TPSA) is 102 Å². The van der Waals surface area contributed by atoms with Crippen LogP contribution in [0.2, 0.25) is 0 Å². The standard InChI is InChI=1S/C20H24N2O4/c1-20(2,3)26-19(25)16(12-21)13-8-10-14(11-9-13)22-18(24)15-6-4-5-7-17(15)23/h4-11,16,23H,12,21H2,1-3H3,(H,22,24). The van der Waals surface area contributed by atoms with Gasteiger partial charge in [-0.25, -0.2) is 0 Å². The summed E-state index contributed by atoms with van der Waals surface area (Å²) in [5.74, 6) is -1.46. The fourth-order valence-corrected chi connectivity index (χ4v) is 2.40. The number of aromatic hydroxyl groups is 1. The Bertz CT molecular complexity index is 779. The number of rotatable bonds is 5. The maximum Gasteiger partial charge on any atom is 0.315 e. The van der Waals surface area contributed by atoms with Crippen LogP contribution in [0.25, 0.3) is 0 Å². The Morgan fingerprint density at radius 3 is 2.27 bits per heavy atom. The van der Waals surface area contributed by atoms with Crippen LogP contribution >= 0.6 is 0 Å². The summed E-state index contributed by atoms with van der Waals surface area (Å²) in [4.78, 5) is 24.5. The van der Waals surface area contributed by atoms with Gasteiger partial charge in [-0.2, -0.15) is 0 Å². The number of carbonyl (C=O) groups is 2. The molecule has 138 valence electrons. The molecule has 1 atom stereocenters. The first-order valence-electron chi connectivity index (χ1n) is 8.33. The van der Waals surface area contributed by atoms with Crippen molar-refractivity contribution in [1.82, 2.24) is 0 Å². The number of nitrogens with two attached hydrogens (primary N) is 1. The first kappa shape index (κ1) is 19.5. The van der Waals surface area contributed by atoms with Gasteiger partial charge in [0.1, 0.15) is 11.4 Å². The number of anilines is 1. The van der Waals surface area contributed by atoms with Gasteiger partial charge in [0.05, 0.1) is 11.5 Å². The molecule has 0 aromatic heterocycles. The van der Waals surface area contributed by atoms with E-state index in [-0.39, 0.29) is 23.8 Å². The molecule has 2 aromatic rings. The predicted octanol–water partition coefficient (Wildman–Crippen LogP) is 3.03. The predicted molar refractivity (Wildman–Crippen MR) is 100 cm³/mol. The highest BCUT2D eigenvalue weighted by Gasteiger charge is 2.25. The lowest BCUT2D eigenvalue weighted by Gasteiger charge is -2.23. The summed E-state index contributed by atoms with van der Waals surface area (Å²) in [6, 6.07) is 13.1. The summed E-state index contributed by atoms with van der Waals surface area (Å²) in [7, 11) is 0. The van der Waals surface area contributed by atoms with E-state index < -0.39 is 17.4 Å². The molecule has 0 spiro atoms. The molecule has 0 bridgehead atoms. The van der Waals surface area contributed by atoms with Crippen LogP contribution in [0.5, 0.6) is 5.75 Å². The van der Waals surface area contributed by atoms with Gasteiger partial charge in [0.2, 0.25) is 0 Å². The molecule has 0 aliphatic rings. The molecule has 1 unspecified atom stereocenters. The number of esters is 1. The SMILES string of the molecule is CC(C)(C)OC(=O)C(CN)c1ccc(NC(=O)c2ccccc2O)cc1. The number of benzene rings is 2. The highest BCUT2D eigenvalue weighted by Crippen LogP contribution is 2.23. The Labute approximate surface area is 153 Å². The maximum absolute atomic E-state index is 12.3. The zero-order valence-corrected chi connectivity index (χ0v) is 15.2. The molecule has 1 amide bonds. The Kier molecular flexibility index (Phi) is 6.00. The van der Waals surface area contributed by atoms with Gasteiger partial charge < -0.3 is 20.9 Å². The van der Waals surface area contributed by atoms with E-state index in [0.29, 0.717) is 11.3 Å². The van der Waals surface area contributed by atoms with Crippen molar-refractivity contribution >= 4 is 17.6 Å². The quantitative estimate of drug-likeness (QED) is 0.715. The lowest BCUT2D eigenvalue weighted by molar-refractivity contribution is -0.156. The molecule has 0 aliphatic heterocycles. The van der Waals surface area contributed by atoms with Crippen molar-refractivity contribution in [2.75, 3.05) is 11.9 Å². The van der Waals surface area contributed by atoms with Gasteiger partial charge in [0, 0.05) is 12.2 Å². The minimum atomic E-state index is -0.587. The highest BCUT2D eigenvalue weighted by molar-refractivity contribution is 6.06. The Morgan fingerprint density at radius 2 is 1.73 bits per heavy atom. The van der Waals surface area contributed by atoms with Crippen LogP contribution in [0.4, 0.5) is 5.69 Å². The van der Waals surface area contributed by atoms with E-state index >= 15 is 0 Å².